The number of furan rings is 1. The van der Waals surface area contributed by atoms with Crippen LogP contribution < -0.4 is 9.47 Å². The van der Waals surface area contributed by atoms with Crippen LogP contribution in [0.4, 0.5) is 0 Å². The van der Waals surface area contributed by atoms with Crippen LogP contribution in [0.1, 0.15) is 12.2 Å². The fraction of sp³-hybridized carbons (Fsp3) is 0.350. The van der Waals surface area contributed by atoms with Gasteiger partial charge >= 0.3 is 0 Å². The number of benzene rings is 1. The maximum Gasteiger partial charge on any atom is 0.128 e. The minimum absolute atomic E-state index is 0.0919. The van der Waals surface area contributed by atoms with Crippen LogP contribution in [0.15, 0.2) is 65.8 Å². The topological polar surface area (TPSA) is 61.9 Å². The predicted octanol–water partition coefficient (Wildman–Crippen LogP) is 3.09. The summed E-state index contributed by atoms with van der Waals surface area (Å²) < 4.78 is 18.9. The number of hydroxylamine groups is 2. The molecular formula is C20H23N3O4. The molecule has 0 saturated carbocycles. The van der Waals surface area contributed by atoms with E-state index in [0.717, 1.165) is 23.7 Å². The molecule has 1 saturated heterocycles. The van der Waals surface area contributed by atoms with Crippen LogP contribution in [0.25, 0.3) is 0 Å². The Morgan fingerprint density at radius 2 is 2.04 bits per heavy atom. The molecule has 2 atom stereocenters. The number of imidazole rings is 1. The van der Waals surface area contributed by atoms with Crippen LogP contribution in [0.2, 0.25) is 0 Å². The first kappa shape index (κ1) is 17.6. The first-order valence-electron chi connectivity index (χ1n) is 8.87. The molecule has 0 bridgehead atoms. The van der Waals surface area contributed by atoms with Gasteiger partial charge in [-0.2, -0.15) is 5.06 Å². The molecule has 7 heteroatoms. The average Bonchev–Trinajstić information content (AvgIpc) is 3.43. The van der Waals surface area contributed by atoms with Crippen molar-refractivity contribution in [3.63, 3.8) is 0 Å². The molecule has 1 aromatic carbocycles. The molecule has 3 aromatic rings. The fourth-order valence-corrected chi connectivity index (χ4v) is 3.54. The van der Waals surface area contributed by atoms with Gasteiger partial charge in [-0.15, -0.1) is 0 Å². The summed E-state index contributed by atoms with van der Waals surface area (Å²) in [5, 5.41) is 1.88. The number of hydrogen-bond donors (Lipinski definition) is 0. The number of nitrogens with zero attached hydrogens (tertiary/aromatic N) is 3. The Morgan fingerprint density at radius 1 is 1.22 bits per heavy atom. The molecule has 2 aromatic heterocycles. The lowest BCUT2D eigenvalue weighted by molar-refractivity contribution is -0.183. The minimum Gasteiger partial charge on any atom is -0.497 e. The number of methoxy groups -OCH3 is 1. The summed E-state index contributed by atoms with van der Waals surface area (Å²) in [6.07, 6.45) is 7.87. The minimum atomic E-state index is -0.419. The number of ether oxygens (including phenoxy) is 2. The molecule has 1 aliphatic heterocycles. The van der Waals surface area contributed by atoms with E-state index in [0.29, 0.717) is 13.2 Å². The van der Waals surface area contributed by atoms with Gasteiger partial charge in [-0.05, 0) is 36.4 Å². The molecule has 4 rings (SSSR count). The fourth-order valence-electron chi connectivity index (χ4n) is 3.54. The van der Waals surface area contributed by atoms with Gasteiger partial charge in [0.05, 0.1) is 26.2 Å². The van der Waals surface area contributed by atoms with E-state index in [9.17, 15) is 0 Å². The van der Waals surface area contributed by atoms with Crippen molar-refractivity contribution < 1.29 is 18.7 Å². The zero-order chi connectivity index (χ0) is 18.7. The second kappa shape index (κ2) is 7.46. The smallest absolute Gasteiger partial charge is 0.128 e. The maximum atomic E-state index is 6.11. The molecule has 27 heavy (non-hydrogen) atoms. The van der Waals surface area contributed by atoms with Crippen molar-refractivity contribution in [3.8, 4) is 11.5 Å². The lowest BCUT2D eigenvalue weighted by atomic mass is 9.90. The number of likely N-dealkylation sites (N-methyl/N-ethyl adjacent to an activating group) is 1. The van der Waals surface area contributed by atoms with Crippen molar-refractivity contribution in [1.29, 1.82) is 0 Å². The average molecular weight is 369 g/mol. The summed E-state index contributed by atoms with van der Waals surface area (Å²) in [6, 6.07) is 11.4. The Bertz CT molecular complexity index is 833. The normalized spacial score (nSPS) is 22.8. The van der Waals surface area contributed by atoms with Crippen molar-refractivity contribution in [2.75, 3.05) is 20.8 Å². The Balaban J connectivity index is 1.48. The van der Waals surface area contributed by atoms with Crippen LogP contribution >= 0.6 is 0 Å². The number of rotatable bonds is 7. The second-order valence-corrected chi connectivity index (χ2v) is 6.66. The van der Waals surface area contributed by atoms with Gasteiger partial charge in [0.15, 0.2) is 0 Å². The highest BCUT2D eigenvalue weighted by atomic mass is 16.7. The first-order valence-corrected chi connectivity index (χ1v) is 8.87. The van der Waals surface area contributed by atoms with Crippen LogP contribution in [-0.2, 0) is 16.9 Å². The molecule has 7 nitrogen and oxygen atoms in total. The van der Waals surface area contributed by atoms with Gasteiger partial charge < -0.3 is 18.5 Å². The van der Waals surface area contributed by atoms with E-state index in [4.69, 9.17) is 18.7 Å². The molecular weight excluding hydrogens is 346 g/mol. The van der Waals surface area contributed by atoms with Crippen molar-refractivity contribution in [3.05, 3.63) is 67.1 Å². The molecule has 0 radical (unpaired) electrons. The van der Waals surface area contributed by atoms with Crippen LogP contribution in [0.5, 0.6) is 11.5 Å². The highest BCUT2D eigenvalue weighted by Gasteiger charge is 2.49. The lowest BCUT2D eigenvalue weighted by Crippen LogP contribution is -2.41. The van der Waals surface area contributed by atoms with Crippen molar-refractivity contribution >= 4 is 0 Å². The van der Waals surface area contributed by atoms with Crippen molar-refractivity contribution in [2.24, 2.45) is 0 Å². The largest absolute Gasteiger partial charge is 0.497 e. The molecule has 142 valence electrons. The number of aromatic nitrogens is 2. The Labute approximate surface area is 158 Å². The standard InChI is InChI=1S/C20H23N3O4/c1-22-20(19-4-3-11-25-19,14-23-10-9-21-15-23)12-18(27-22)13-26-17-7-5-16(24-2)6-8-17/h3-11,15,18H,12-14H2,1-2H3/t18-,20+/m0/s1. The Morgan fingerprint density at radius 3 is 2.70 bits per heavy atom. The summed E-state index contributed by atoms with van der Waals surface area (Å²) in [5.41, 5.74) is -0.419. The molecule has 0 aliphatic carbocycles. The maximum absolute atomic E-state index is 6.11. The van der Waals surface area contributed by atoms with Gasteiger partial charge in [0.1, 0.15) is 35.5 Å². The van der Waals surface area contributed by atoms with Gasteiger partial charge in [0.2, 0.25) is 0 Å². The van der Waals surface area contributed by atoms with Crippen molar-refractivity contribution in [2.45, 2.75) is 24.6 Å². The van der Waals surface area contributed by atoms with Gasteiger partial charge in [-0.3, -0.25) is 4.84 Å². The molecule has 0 amide bonds. The molecule has 1 aliphatic rings. The number of hydrogen-bond acceptors (Lipinski definition) is 6. The SMILES string of the molecule is COc1ccc(OC[C@@H]2C[C@@](Cn3ccnc3)(c3ccco3)N(C)O2)cc1. The quantitative estimate of drug-likeness (QED) is 0.638. The highest BCUT2D eigenvalue weighted by molar-refractivity contribution is 5.31. The van der Waals surface area contributed by atoms with E-state index in [1.807, 2.05) is 59.3 Å². The summed E-state index contributed by atoms with van der Waals surface area (Å²) in [4.78, 5) is 10.3. The molecule has 0 spiro atoms. The van der Waals surface area contributed by atoms with E-state index in [2.05, 4.69) is 4.98 Å². The van der Waals surface area contributed by atoms with E-state index in [1.54, 1.807) is 25.9 Å². The van der Waals surface area contributed by atoms with Crippen LogP contribution in [0.3, 0.4) is 0 Å². The van der Waals surface area contributed by atoms with Gasteiger partial charge in [0.25, 0.3) is 0 Å². The third-order valence-electron chi connectivity index (χ3n) is 4.95. The monoisotopic (exact) mass is 369 g/mol. The van der Waals surface area contributed by atoms with Crippen molar-refractivity contribution in [1.82, 2.24) is 14.6 Å². The van der Waals surface area contributed by atoms with Gasteiger partial charge in [-0.25, -0.2) is 4.98 Å². The summed E-state index contributed by atoms with van der Waals surface area (Å²) in [5.74, 6) is 2.45. The first-order chi connectivity index (χ1) is 13.2. The Hall–Kier alpha value is -2.77. The molecule has 0 unspecified atom stereocenters. The Kier molecular flexibility index (Phi) is 4.87. The van der Waals surface area contributed by atoms with Gasteiger partial charge in [0, 0.05) is 25.9 Å². The predicted molar refractivity (Wildman–Crippen MR) is 98.4 cm³/mol. The van der Waals surface area contributed by atoms with Gasteiger partial charge in [-0.1, -0.05) is 0 Å². The molecule has 0 N–H and O–H groups in total. The zero-order valence-electron chi connectivity index (χ0n) is 15.4. The van der Waals surface area contributed by atoms with Crippen LogP contribution in [-0.4, -0.2) is 41.5 Å². The molecule has 3 heterocycles. The van der Waals surface area contributed by atoms with E-state index in [-0.39, 0.29) is 6.10 Å². The summed E-state index contributed by atoms with van der Waals surface area (Å²) in [6.45, 7) is 1.12. The van der Waals surface area contributed by atoms with E-state index < -0.39 is 5.54 Å². The third-order valence-corrected chi connectivity index (χ3v) is 4.95. The molecule has 1 fully saturated rings. The zero-order valence-corrected chi connectivity index (χ0v) is 15.4. The second-order valence-electron chi connectivity index (χ2n) is 6.66. The lowest BCUT2D eigenvalue weighted by Gasteiger charge is -2.32. The van der Waals surface area contributed by atoms with E-state index >= 15 is 0 Å². The highest BCUT2D eigenvalue weighted by Crippen LogP contribution is 2.41. The van der Waals surface area contributed by atoms with E-state index in [1.165, 1.54) is 0 Å². The summed E-state index contributed by atoms with van der Waals surface area (Å²) in [7, 11) is 3.58. The van der Waals surface area contributed by atoms with Crippen LogP contribution in [0, 0.1) is 0 Å². The third kappa shape index (κ3) is 3.56. The summed E-state index contributed by atoms with van der Waals surface area (Å²) >= 11 is 0.